The summed E-state index contributed by atoms with van der Waals surface area (Å²) >= 11 is 0. The SMILES string of the molecule is CC1(C(N)=O)CCCCO1. The zero-order chi connectivity index (χ0) is 7.61. The Morgan fingerprint density at radius 2 is 2.30 bits per heavy atom. The molecule has 1 saturated heterocycles. The van der Waals surface area contributed by atoms with Crippen LogP contribution in [-0.4, -0.2) is 18.1 Å². The van der Waals surface area contributed by atoms with Crippen molar-refractivity contribution in [2.45, 2.75) is 31.8 Å². The average molecular weight is 143 g/mol. The first-order chi connectivity index (χ1) is 4.65. The van der Waals surface area contributed by atoms with E-state index >= 15 is 0 Å². The molecule has 3 nitrogen and oxygen atoms in total. The van der Waals surface area contributed by atoms with Crippen LogP contribution in [0, 0.1) is 0 Å². The lowest BCUT2D eigenvalue weighted by atomic mass is 9.95. The summed E-state index contributed by atoms with van der Waals surface area (Å²) in [7, 11) is 0. The molecule has 0 saturated carbocycles. The lowest BCUT2D eigenvalue weighted by Crippen LogP contribution is -2.45. The fourth-order valence-corrected chi connectivity index (χ4v) is 1.13. The van der Waals surface area contributed by atoms with Crippen LogP contribution in [0.25, 0.3) is 0 Å². The Labute approximate surface area is 60.5 Å². The number of hydrogen-bond acceptors (Lipinski definition) is 2. The molecule has 1 rings (SSSR count). The van der Waals surface area contributed by atoms with Gasteiger partial charge in [-0.25, -0.2) is 0 Å². The van der Waals surface area contributed by atoms with Gasteiger partial charge in [0.25, 0.3) is 0 Å². The first-order valence-electron chi connectivity index (χ1n) is 3.59. The van der Waals surface area contributed by atoms with Crippen molar-refractivity contribution in [3.8, 4) is 0 Å². The van der Waals surface area contributed by atoms with Crippen molar-refractivity contribution in [1.82, 2.24) is 0 Å². The molecule has 0 aromatic heterocycles. The Balaban J connectivity index is 2.56. The second-order valence-electron chi connectivity index (χ2n) is 2.90. The highest BCUT2D eigenvalue weighted by Gasteiger charge is 2.33. The molecule has 0 bridgehead atoms. The van der Waals surface area contributed by atoms with Gasteiger partial charge in [0.1, 0.15) is 5.60 Å². The van der Waals surface area contributed by atoms with Crippen molar-refractivity contribution in [1.29, 1.82) is 0 Å². The van der Waals surface area contributed by atoms with E-state index in [4.69, 9.17) is 10.5 Å². The van der Waals surface area contributed by atoms with Gasteiger partial charge in [-0.05, 0) is 26.2 Å². The Kier molecular flexibility index (Phi) is 1.94. The third kappa shape index (κ3) is 1.29. The minimum absolute atomic E-state index is 0.341. The molecule has 1 heterocycles. The maximum atomic E-state index is 10.8. The minimum Gasteiger partial charge on any atom is -0.367 e. The first-order valence-corrected chi connectivity index (χ1v) is 3.59. The highest BCUT2D eigenvalue weighted by Crippen LogP contribution is 2.23. The van der Waals surface area contributed by atoms with Gasteiger partial charge >= 0.3 is 0 Å². The fourth-order valence-electron chi connectivity index (χ4n) is 1.13. The van der Waals surface area contributed by atoms with Crippen LogP contribution < -0.4 is 5.73 Å². The summed E-state index contributed by atoms with van der Waals surface area (Å²) in [6.07, 6.45) is 2.85. The molecule has 1 aliphatic rings. The molecule has 0 aromatic carbocycles. The van der Waals surface area contributed by atoms with E-state index in [1.165, 1.54) is 0 Å². The number of carbonyl (C=O) groups excluding carboxylic acids is 1. The van der Waals surface area contributed by atoms with Gasteiger partial charge in [-0.2, -0.15) is 0 Å². The van der Waals surface area contributed by atoms with Gasteiger partial charge in [-0.15, -0.1) is 0 Å². The zero-order valence-electron chi connectivity index (χ0n) is 6.22. The van der Waals surface area contributed by atoms with Gasteiger partial charge in [0.15, 0.2) is 0 Å². The van der Waals surface area contributed by atoms with Crippen molar-refractivity contribution in [3.05, 3.63) is 0 Å². The molecule has 0 aliphatic carbocycles. The van der Waals surface area contributed by atoms with E-state index in [1.54, 1.807) is 6.92 Å². The molecule has 1 fully saturated rings. The van der Waals surface area contributed by atoms with Crippen LogP contribution in [-0.2, 0) is 9.53 Å². The van der Waals surface area contributed by atoms with Gasteiger partial charge in [0.05, 0.1) is 0 Å². The van der Waals surface area contributed by atoms with Crippen molar-refractivity contribution < 1.29 is 9.53 Å². The predicted octanol–water partition coefficient (Wildman–Crippen LogP) is 0.431. The third-order valence-corrected chi connectivity index (χ3v) is 1.99. The molecule has 0 spiro atoms. The minimum atomic E-state index is -0.682. The molecular formula is C7H13NO2. The summed E-state index contributed by atoms with van der Waals surface area (Å²) in [5.41, 5.74) is 4.46. The van der Waals surface area contributed by atoms with E-state index < -0.39 is 5.60 Å². The fraction of sp³-hybridized carbons (Fsp3) is 0.857. The molecule has 10 heavy (non-hydrogen) atoms. The highest BCUT2D eigenvalue weighted by molar-refractivity contribution is 5.83. The Morgan fingerprint density at radius 3 is 2.60 bits per heavy atom. The molecule has 1 atom stereocenters. The number of ether oxygens (including phenoxy) is 1. The molecular weight excluding hydrogens is 130 g/mol. The summed E-state index contributed by atoms with van der Waals surface area (Å²) in [6, 6.07) is 0. The molecule has 1 unspecified atom stereocenters. The molecule has 1 amide bonds. The van der Waals surface area contributed by atoms with Gasteiger partial charge in [-0.3, -0.25) is 4.79 Å². The van der Waals surface area contributed by atoms with E-state index in [2.05, 4.69) is 0 Å². The van der Waals surface area contributed by atoms with Crippen LogP contribution in [0.4, 0.5) is 0 Å². The highest BCUT2D eigenvalue weighted by atomic mass is 16.5. The van der Waals surface area contributed by atoms with Crippen LogP contribution in [0.2, 0.25) is 0 Å². The van der Waals surface area contributed by atoms with E-state index in [-0.39, 0.29) is 5.91 Å². The second kappa shape index (κ2) is 2.58. The van der Waals surface area contributed by atoms with Gasteiger partial charge in [0, 0.05) is 6.61 Å². The van der Waals surface area contributed by atoms with Crippen molar-refractivity contribution in [2.24, 2.45) is 5.73 Å². The van der Waals surface area contributed by atoms with Crippen LogP contribution in [0.3, 0.4) is 0 Å². The van der Waals surface area contributed by atoms with Crippen molar-refractivity contribution in [3.63, 3.8) is 0 Å². The summed E-state index contributed by atoms with van der Waals surface area (Å²) in [6.45, 7) is 2.42. The van der Waals surface area contributed by atoms with Crippen LogP contribution >= 0.6 is 0 Å². The summed E-state index contributed by atoms with van der Waals surface area (Å²) in [4.78, 5) is 10.8. The summed E-state index contributed by atoms with van der Waals surface area (Å²) in [5, 5.41) is 0. The van der Waals surface area contributed by atoms with Crippen molar-refractivity contribution >= 4 is 5.91 Å². The van der Waals surface area contributed by atoms with Crippen LogP contribution in [0.15, 0.2) is 0 Å². The molecule has 0 aromatic rings. The predicted molar refractivity (Wildman–Crippen MR) is 37.4 cm³/mol. The Bertz CT molecular complexity index is 139. The third-order valence-electron chi connectivity index (χ3n) is 1.99. The molecule has 1 aliphatic heterocycles. The average Bonchev–Trinajstić information content (AvgIpc) is 1.89. The Morgan fingerprint density at radius 1 is 1.60 bits per heavy atom. The van der Waals surface area contributed by atoms with Gasteiger partial charge < -0.3 is 10.5 Å². The number of rotatable bonds is 1. The smallest absolute Gasteiger partial charge is 0.249 e. The van der Waals surface area contributed by atoms with E-state index in [1.807, 2.05) is 0 Å². The maximum absolute atomic E-state index is 10.8. The normalized spacial score (nSPS) is 33.7. The van der Waals surface area contributed by atoms with E-state index in [0.29, 0.717) is 6.61 Å². The molecule has 0 radical (unpaired) electrons. The van der Waals surface area contributed by atoms with Gasteiger partial charge in [-0.1, -0.05) is 0 Å². The molecule has 2 N–H and O–H groups in total. The number of nitrogens with two attached hydrogens (primary N) is 1. The van der Waals surface area contributed by atoms with Gasteiger partial charge in [0.2, 0.25) is 5.91 Å². The van der Waals surface area contributed by atoms with E-state index in [9.17, 15) is 4.79 Å². The zero-order valence-corrected chi connectivity index (χ0v) is 6.22. The number of primary amides is 1. The number of carbonyl (C=O) groups is 1. The number of hydrogen-bond donors (Lipinski definition) is 1. The quantitative estimate of drug-likeness (QED) is 0.578. The summed E-state index contributed by atoms with van der Waals surface area (Å²) in [5.74, 6) is -0.341. The topological polar surface area (TPSA) is 52.3 Å². The first kappa shape index (κ1) is 7.54. The largest absolute Gasteiger partial charge is 0.367 e. The Hall–Kier alpha value is -0.570. The monoisotopic (exact) mass is 143 g/mol. The maximum Gasteiger partial charge on any atom is 0.249 e. The number of amides is 1. The molecule has 58 valence electrons. The van der Waals surface area contributed by atoms with Crippen LogP contribution in [0.1, 0.15) is 26.2 Å². The standard InChI is InChI=1S/C7H13NO2/c1-7(6(8)9)4-2-3-5-10-7/h2-5H2,1H3,(H2,8,9). The lowest BCUT2D eigenvalue weighted by molar-refractivity contribution is -0.146. The van der Waals surface area contributed by atoms with Crippen LogP contribution in [0.5, 0.6) is 0 Å². The van der Waals surface area contributed by atoms with E-state index in [0.717, 1.165) is 19.3 Å². The molecule has 3 heteroatoms. The summed E-state index contributed by atoms with van der Waals surface area (Å²) < 4.78 is 5.25. The van der Waals surface area contributed by atoms with Crippen molar-refractivity contribution in [2.75, 3.05) is 6.61 Å². The lowest BCUT2D eigenvalue weighted by Gasteiger charge is -2.30. The second-order valence-corrected chi connectivity index (χ2v) is 2.90.